The first kappa shape index (κ1) is 8.50. The second-order valence-corrected chi connectivity index (χ2v) is 2.80. The topological polar surface area (TPSA) is 62.2 Å². The van der Waals surface area contributed by atoms with Crippen molar-refractivity contribution >= 4 is 23.0 Å². The monoisotopic (exact) mass is 188 g/mol. The third kappa shape index (κ3) is 1.26. The molecule has 4 heteroatoms. The molecular weight excluding hydrogens is 180 g/mol. The summed E-state index contributed by atoms with van der Waals surface area (Å²) in [4.78, 5) is 14.2. The number of anilines is 1. The Kier molecular flexibility index (Phi) is 2.02. The zero-order valence-corrected chi connectivity index (χ0v) is 7.27. The van der Waals surface area contributed by atoms with Crippen LogP contribution < -0.4 is 5.32 Å². The molecule has 0 fully saturated rings. The number of carbonyl (C=O) groups is 1. The van der Waals surface area contributed by atoms with Crippen LogP contribution in [0.25, 0.3) is 10.9 Å². The lowest BCUT2D eigenvalue weighted by atomic mass is 10.2. The lowest BCUT2D eigenvalue weighted by Crippen LogP contribution is -1.94. The van der Waals surface area contributed by atoms with Gasteiger partial charge in [-0.25, -0.2) is 0 Å². The standard InChI is InChI=1S/C10H8N2O2/c13-6-12-8-4-3-7-2-1-5-11-9(7)10(8)14/h1-6,14H,(H,12,13). The summed E-state index contributed by atoms with van der Waals surface area (Å²) in [5.74, 6) is -0.00444. The van der Waals surface area contributed by atoms with E-state index in [1.165, 1.54) is 0 Å². The molecule has 0 saturated carbocycles. The van der Waals surface area contributed by atoms with Gasteiger partial charge in [-0.15, -0.1) is 0 Å². The minimum Gasteiger partial charge on any atom is -0.504 e. The molecule has 0 aliphatic carbocycles. The fourth-order valence-corrected chi connectivity index (χ4v) is 1.31. The number of nitrogens with zero attached hydrogens (tertiary/aromatic N) is 1. The summed E-state index contributed by atoms with van der Waals surface area (Å²) in [6.07, 6.45) is 2.11. The van der Waals surface area contributed by atoms with Crippen molar-refractivity contribution in [2.45, 2.75) is 0 Å². The van der Waals surface area contributed by atoms with Gasteiger partial charge >= 0.3 is 0 Å². The number of nitrogens with one attached hydrogen (secondary N) is 1. The second-order valence-electron chi connectivity index (χ2n) is 2.80. The Morgan fingerprint density at radius 2 is 2.21 bits per heavy atom. The summed E-state index contributed by atoms with van der Waals surface area (Å²) in [5.41, 5.74) is 0.852. The molecule has 2 N–H and O–H groups in total. The number of fused-ring (bicyclic) bond motifs is 1. The Labute approximate surface area is 80.2 Å². The van der Waals surface area contributed by atoms with Crippen molar-refractivity contribution in [1.82, 2.24) is 4.98 Å². The average Bonchev–Trinajstić information content (AvgIpc) is 2.23. The molecule has 1 aromatic carbocycles. The molecular formula is C10H8N2O2. The van der Waals surface area contributed by atoms with Crippen LogP contribution in [0.15, 0.2) is 30.5 Å². The molecule has 0 aliphatic rings. The SMILES string of the molecule is O=CNc1ccc2cccnc2c1O. The molecule has 0 radical (unpaired) electrons. The number of amides is 1. The van der Waals surface area contributed by atoms with Crippen LogP contribution in [0.2, 0.25) is 0 Å². The Hall–Kier alpha value is -2.10. The van der Waals surface area contributed by atoms with Gasteiger partial charge in [0.1, 0.15) is 5.52 Å². The van der Waals surface area contributed by atoms with Gasteiger partial charge in [-0.3, -0.25) is 9.78 Å². The molecule has 0 bridgehead atoms. The van der Waals surface area contributed by atoms with Gasteiger partial charge in [0.2, 0.25) is 6.41 Å². The van der Waals surface area contributed by atoms with Crippen molar-refractivity contribution in [1.29, 1.82) is 0 Å². The molecule has 2 aromatic rings. The molecule has 0 saturated heterocycles. The summed E-state index contributed by atoms with van der Waals surface area (Å²) in [6.45, 7) is 0. The van der Waals surface area contributed by atoms with E-state index in [-0.39, 0.29) is 5.75 Å². The largest absolute Gasteiger partial charge is 0.504 e. The molecule has 1 heterocycles. The average molecular weight is 188 g/mol. The van der Waals surface area contributed by atoms with Gasteiger partial charge in [-0.2, -0.15) is 0 Å². The van der Waals surface area contributed by atoms with Crippen LogP contribution in [-0.4, -0.2) is 16.5 Å². The molecule has 0 aliphatic heterocycles. The number of hydrogen-bond donors (Lipinski definition) is 2. The van der Waals surface area contributed by atoms with Crippen LogP contribution >= 0.6 is 0 Å². The van der Waals surface area contributed by atoms with Gasteiger partial charge in [-0.05, 0) is 12.1 Å². The van der Waals surface area contributed by atoms with Crippen LogP contribution in [0.5, 0.6) is 5.75 Å². The first-order valence-electron chi connectivity index (χ1n) is 4.10. The predicted molar refractivity (Wildman–Crippen MR) is 53.1 cm³/mol. The number of hydrogen-bond acceptors (Lipinski definition) is 3. The summed E-state index contributed by atoms with van der Waals surface area (Å²) < 4.78 is 0. The van der Waals surface area contributed by atoms with Gasteiger partial charge in [-0.1, -0.05) is 12.1 Å². The smallest absolute Gasteiger partial charge is 0.211 e. The number of aromatic nitrogens is 1. The van der Waals surface area contributed by atoms with E-state index in [9.17, 15) is 9.90 Å². The molecule has 1 amide bonds. The summed E-state index contributed by atoms with van der Waals surface area (Å²) in [5, 5.41) is 12.9. The van der Waals surface area contributed by atoms with E-state index in [1.807, 2.05) is 6.07 Å². The fourth-order valence-electron chi connectivity index (χ4n) is 1.31. The highest BCUT2D eigenvalue weighted by molar-refractivity contribution is 5.92. The van der Waals surface area contributed by atoms with Crippen molar-refractivity contribution in [3.8, 4) is 5.75 Å². The molecule has 2 rings (SSSR count). The molecule has 4 nitrogen and oxygen atoms in total. The Morgan fingerprint density at radius 1 is 1.36 bits per heavy atom. The van der Waals surface area contributed by atoms with E-state index < -0.39 is 0 Å². The van der Waals surface area contributed by atoms with E-state index in [1.54, 1.807) is 24.4 Å². The number of phenols is 1. The maximum Gasteiger partial charge on any atom is 0.211 e. The minimum atomic E-state index is -0.00444. The first-order valence-corrected chi connectivity index (χ1v) is 4.10. The number of aromatic hydroxyl groups is 1. The Bertz CT molecular complexity index is 483. The molecule has 0 spiro atoms. The summed E-state index contributed by atoms with van der Waals surface area (Å²) >= 11 is 0. The van der Waals surface area contributed by atoms with Crippen molar-refractivity contribution in [3.63, 3.8) is 0 Å². The molecule has 70 valence electrons. The van der Waals surface area contributed by atoms with Crippen molar-refractivity contribution < 1.29 is 9.90 Å². The van der Waals surface area contributed by atoms with Crippen molar-refractivity contribution in [2.75, 3.05) is 5.32 Å². The maximum atomic E-state index is 10.2. The molecule has 1 aromatic heterocycles. The third-order valence-corrected chi connectivity index (χ3v) is 1.96. The fraction of sp³-hybridized carbons (Fsp3) is 0. The van der Waals surface area contributed by atoms with Gasteiger partial charge in [0.25, 0.3) is 0 Å². The van der Waals surface area contributed by atoms with E-state index in [2.05, 4.69) is 10.3 Å². The van der Waals surface area contributed by atoms with Crippen LogP contribution in [0.4, 0.5) is 5.69 Å². The van der Waals surface area contributed by atoms with E-state index in [4.69, 9.17) is 0 Å². The van der Waals surface area contributed by atoms with E-state index in [0.717, 1.165) is 5.39 Å². The number of rotatable bonds is 2. The maximum absolute atomic E-state index is 10.2. The van der Waals surface area contributed by atoms with Crippen LogP contribution in [-0.2, 0) is 4.79 Å². The van der Waals surface area contributed by atoms with Gasteiger partial charge < -0.3 is 10.4 Å². The zero-order chi connectivity index (χ0) is 9.97. The number of benzene rings is 1. The lowest BCUT2D eigenvalue weighted by molar-refractivity contribution is -0.105. The first-order chi connectivity index (χ1) is 6.83. The zero-order valence-electron chi connectivity index (χ0n) is 7.27. The van der Waals surface area contributed by atoms with Gasteiger partial charge in [0.15, 0.2) is 5.75 Å². The molecule has 0 atom stereocenters. The van der Waals surface area contributed by atoms with Crippen LogP contribution in [0, 0.1) is 0 Å². The second kappa shape index (κ2) is 3.33. The highest BCUT2D eigenvalue weighted by Gasteiger charge is 2.05. The lowest BCUT2D eigenvalue weighted by Gasteiger charge is -2.04. The van der Waals surface area contributed by atoms with Crippen molar-refractivity contribution in [3.05, 3.63) is 30.5 Å². The number of carbonyl (C=O) groups excluding carboxylic acids is 1. The number of pyridine rings is 1. The van der Waals surface area contributed by atoms with Crippen LogP contribution in [0.1, 0.15) is 0 Å². The van der Waals surface area contributed by atoms with Crippen LogP contribution in [0.3, 0.4) is 0 Å². The predicted octanol–water partition coefficient (Wildman–Crippen LogP) is 1.51. The Balaban J connectivity index is 2.68. The quantitative estimate of drug-likeness (QED) is 0.554. The van der Waals surface area contributed by atoms with Gasteiger partial charge in [0.05, 0.1) is 5.69 Å². The summed E-state index contributed by atoms with van der Waals surface area (Å²) in [7, 11) is 0. The molecule has 14 heavy (non-hydrogen) atoms. The van der Waals surface area contributed by atoms with Gasteiger partial charge in [0, 0.05) is 11.6 Å². The minimum absolute atomic E-state index is 0.00444. The summed E-state index contributed by atoms with van der Waals surface area (Å²) in [6, 6.07) is 7.04. The highest BCUT2D eigenvalue weighted by atomic mass is 16.3. The highest BCUT2D eigenvalue weighted by Crippen LogP contribution is 2.30. The van der Waals surface area contributed by atoms with E-state index in [0.29, 0.717) is 17.6 Å². The third-order valence-electron chi connectivity index (χ3n) is 1.96. The molecule has 0 unspecified atom stereocenters. The van der Waals surface area contributed by atoms with Crippen molar-refractivity contribution in [2.24, 2.45) is 0 Å². The number of phenolic OH excluding ortho intramolecular Hbond substituents is 1. The Morgan fingerprint density at radius 3 is 3.00 bits per heavy atom. The van der Waals surface area contributed by atoms with E-state index >= 15 is 0 Å². The normalized spacial score (nSPS) is 10.0.